The van der Waals surface area contributed by atoms with Crippen LogP contribution in [0.3, 0.4) is 0 Å². The van der Waals surface area contributed by atoms with Crippen LogP contribution in [0.5, 0.6) is 0 Å². The lowest BCUT2D eigenvalue weighted by Crippen LogP contribution is -2.27. The molecule has 1 saturated carbocycles. The van der Waals surface area contributed by atoms with Crippen LogP contribution in [0.1, 0.15) is 50.2 Å². The largest absolute Gasteiger partial charge is 0.356 e. The number of rotatable bonds is 6. The molecule has 1 aromatic carbocycles. The van der Waals surface area contributed by atoms with Gasteiger partial charge >= 0.3 is 6.11 Å². The first-order valence-electron chi connectivity index (χ1n) is 8.37. The van der Waals surface area contributed by atoms with Crippen LogP contribution in [0.4, 0.5) is 17.6 Å². The molecule has 0 bridgehead atoms. The Bertz CT molecular complexity index is 635. The number of ether oxygens (including phenoxy) is 1. The van der Waals surface area contributed by atoms with Crippen molar-refractivity contribution in [2.45, 2.75) is 51.7 Å². The maximum absolute atomic E-state index is 14.0. The van der Waals surface area contributed by atoms with Gasteiger partial charge in [-0.15, -0.1) is 0 Å². The average molecular weight is 355 g/mol. The number of nitriles is 1. The van der Waals surface area contributed by atoms with Gasteiger partial charge in [0.2, 0.25) is 0 Å². The van der Waals surface area contributed by atoms with Gasteiger partial charge in [0.05, 0.1) is 6.61 Å². The third kappa shape index (κ3) is 5.57. The molecule has 0 amide bonds. The molecule has 0 aliphatic heterocycles. The van der Waals surface area contributed by atoms with Gasteiger partial charge in [0, 0.05) is 6.42 Å². The second-order valence-electron chi connectivity index (χ2n) is 6.48. The summed E-state index contributed by atoms with van der Waals surface area (Å²) in [7, 11) is 0. The first-order valence-corrected chi connectivity index (χ1v) is 8.37. The van der Waals surface area contributed by atoms with Crippen molar-refractivity contribution in [3.8, 4) is 6.07 Å². The second-order valence-corrected chi connectivity index (χ2v) is 6.48. The minimum atomic E-state index is -3.35. The molecule has 6 heteroatoms. The van der Waals surface area contributed by atoms with Gasteiger partial charge in [-0.2, -0.15) is 14.0 Å². The second kappa shape index (κ2) is 8.48. The number of hydrogen-bond acceptors (Lipinski definition) is 2. The molecule has 0 aromatic heterocycles. The molecular weight excluding hydrogens is 334 g/mol. The third-order valence-electron chi connectivity index (χ3n) is 4.55. The molecule has 1 aromatic rings. The van der Waals surface area contributed by atoms with Crippen molar-refractivity contribution in [3.63, 3.8) is 0 Å². The van der Waals surface area contributed by atoms with Gasteiger partial charge in [-0.05, 0) is 62.1 Å². The number of allylic oxidation sites excluding steroid dienone is 2. The van der Waals surface area contributed by atoms with Crippen molar-refractivity contribution < 1.29 is 22.3 Å². The lowest BCUT2D eigenvalue weighted by atomic mass is 9.80. The molecule has 2 rings (SSSR count). The maximum Gasteiger partial charge on any atom is 0.356 e. The Hall–Kier alpha value is -1.87. The minimum Gasteiger partial charge on any atom is -0.316 e. The summed E-state index contributed by atoms with van der Waals surface area (Å²) >= 11 is 0. The van der Waals surface area contributed by atoms with E-state index in [1.165, 1.54) is 6.07 Å². The van der Waals surface area contributed by atoms with E-state index in [0.717, 1.165) is 25.0 Å². The summed E-state index contributed by atoms with van der Waals surface area (Å²) in [6.07, 6.45) is 3.56. The molecule has 0 heterocycles. The first kappa shape index (κ1) is 19.5. The zero-order valence-electron chi connectivity index (χ0n) is 14.1. The Morgan fingerprint density at radius 2 is 1.80 bits per heavy atom. The van der Waals surface area contributed by atoms with Crippen molar-refractivity contribution in [1.82, 2.24) is 0 Å². The van der Waals surface area contributed by atoms with E-state index in [0.29, 0.717) is 18.8 Å². The minimum absolute atomic E-state index is 0.0644. The van der Waals surface area contributed by atoms with Gasteiger partial charge in [-0.25, -0.2) is 8.78 Å². The molecule has 0 spiro atoms. The lowest BCUT2D eigenvalue weighted by Gasteiger charge is -2.29. The van der Waals surface area contributed by atoms with Gasteiger partial charge in [0.1, 0.15) is 23.3 Å². The van der Waals surface area contributed by atoms with Gasteiger partial charge in [-0.3, -0.25) is 0 Å². The highest BCUT2D eigenvalue weighted by Gasteiger charge is 2.35. The summed E-state index contributed by atoms with van der Waals surface area (Å²) < 4.78 is 59.6. The van der Waals surface area contributed by atoms with E-state index in [1.54, 1.807) is 0 Å². The van der Waals surface area contributed by atoms with Crippen LogP contribution in [0.2, 0.25) is 0 Å². The number of halogens is 4. The molecule has 1 aliphatic carbocycles. The van der Waals surface area contributed by atoms with E-state index in [1.807, 2.05) is 13.0 Å². The van der Waals surface area contributed by atoms with E-state index >= 15 is 0 Å². The molecule has 0 unspecified atom stereocenters. The average Bonchev–Trinajstić information content (AvgIpc) is 2.55. The molecule has 1 fully saturated rings. The van der Waals surface area contributed by atoms with E-state index < -0.39 is 36.3 Å². The van der Waals surface area contributed by atoms with Crippen LogP contribution in [-0.4, -0.2) is 6.11 Å². The Kier molecular flexibility index (Phi) is 6.60. The highest BCUT2D eigenvalue weighted by Crippen LogP contribution is 2.37. The standard InChI is InChI=1S/C19H21F4NO/c1-2-3-13-4-6-14(7-5-13)10-19(22,23)25-12-15-8-17(20)16(11-24)18(21)9-15/h2-3,8-9,13-14H,4-7,10,12H2,1H3. The summed E-state index contributed by atoms with van der Waals surface area (Å²) in [4.78, 5) is 0. The summed E-state index contributed by atoms with van der Waals surface area (Å²) in [6.45, 7) is 1.34. The van der Waals surface area contributed by atoms with E-state index in [4.69, 9.17) is 5.26 Å². The predicted octanol–water partition coefficient (Wildman–Crippen LogP) is 5.72. The zero-order valence-corrected chi connectivity index (χ0v) is 14.1. The topological polar surface area (TPSA) is 33.0 Å². The van der Waals surface area contributed by atoms with Gasteiger partial charge < -0.3 is 4.74 Å². The Morgan fingerprint density at radius 3 is 2.32 bits per heavy atom. The zero-order chi connectivity index (χ0) is 18.4. The molecule has 0 atom stereocenters. The van der Waals surface area contributed by atoms with Crippen LogP contribution in [0, 0.1) is 34.8 Å². The number of nitrogens with zero attached hydrogens (tertiary/aromatic N) is 1. The fraction of sp³-hybridized carbons (Fsp3) is 0.526. The van der Waals surface area contributed by atoms with Gasteiger partial charge in [-0.1, -0.05) is 12.2 Å². The number of alkyl halides is 2. The first-order chi connectivity index (χ1) is 11.8. The summed E-state index contributed by atoms with van der Waals surface area (Å²) in [5.74, 6) is -1.82. The number of benzene rings is 1. The van der Waals surface area contributed by atoms with Crippen molar-refractivity contribution in [2.24, 2.45) is 11.8 Å². The van der Waals surface area contributed by atoms with Crippen LogP contribution in [0.25, 0.3) is 0 Å². The quantitative estimate of drug-likeness (QED) is 0.483. The van der Waals surface area contributed by atoms with Crippen LogP contribution in [-0.2, 0) is 11.3 Å². The van der Waals surface area contributed by atoms with Crippen LogP contribution in [0.15, 0.2) is 24.3 Å². The lowest BCUT2D eigenvalue weighted by molar-refractivity contribution is -0.256. The van der Waals surface area contributed by atoms with Crippen molar-refractivity contribution in [2.75, 3.05) is 0 Å². The molecular formula is C19H21F4NO. The summed E-state index contributed by atoms with van der Waals surface area (Å²) in [6, 6.07) is 3.08. The Balaban J connectivity index is 1.89. The van der Waals surface area contributed by atoms with Gasteiger partial charge in [0.25, 0.3) is 0 Å². The van der Waals surface area contributed by atoms with E-state index in [-0.39, 0.29) is 11.5 Å². The van der Waals surface area contributed by atoms with Crippen LogP contribution >= 0.6 is 0 Å². The van der Waals surface area contributed by atoms with E-state index in [2.05, 4.69) is 10.8 Å². The highest BCUT2D eigenvalue weighted by atomic mass is 19.3. The van der Waals surface area contributed by atoms with E-state index in [9.17, 15) is 17.6 Å². The highest BCUT2D eigenvalue weighted by molar-refractivity contribution is 5.34. The molecule has 25 heavy (non-hydrogen) atoms. The SMILES string of the molecule is CC=CC1CCC(CC(F)(F)OCc2cc(F)c(C#N)c(F)c2)CC1. The van der Waals surface area contributed by atoms with Crippen molar-refractivity contribution in [3.05, 3.63) is 47.0 Å². The molecule has 0 radical (unpaired) electrons. The van der Waals surface area contributed by atoms with Crippen LogP contribution < -0.4 is 0 Å². The molecule has 0 saturated heterocycles. The monoisotopic (exact) mass is 355 g/mol. The number of hydrogen-bond donors (Lipinski definition) is 0. The smallest absolute Gasteiger partial charge is 0.316 e. The fourth-order valence-electron chi connectivity index (χ4n) is 3.26. The molecule has 0 N–H and O–H groups in total. The predicted molar refractivity (Wildman–Crippen MR) is 85.7 cm³/mol. The molecule has 136 valence electrons. The Labute approximate surface area is 145 Å². The molecule has 1 aliphatic rings. The Morgan fingerprint density at radius 1 is 1.20 bits per heavy atom. The third-order valence-corrected chi connectivity index (χ3v) is 4.55. The van der Waals surface area contributed by atoms with Crippen molar-refractivity contribution >= 4 is 0 Å². The maximum atomic E-state index is 14.0. The van der Waals surface area contributed by atoms with Crippen molar-refractivity contribution in [1.29, 1.82) is 5.26 Å². The van der Waals surface area contributed by atoms with Gasteiger partial charge in [0.15, 0.2) is 0 Å². The molecule has 2 nitrogen and oxygen atoms in total. The summed E-state index contributed by atoms with van der Waals surface area (Å²) in [5.41, 5.74) is -0.793. The fourth-order valence-corrected chi connectivity index (χ4v) is 3.26. The summed E-state index contributed by atoms with van der Waals surface area (Å²) in [5, 5.41) is 8.60. The normalized spacial score (nSPS) is 21.4.